The molecular formula is C14H17F3N2O. The van der Waals surface area contributed by atoms with E-state index in [1.807, 2.05) is 13.0 Å². The number of halogens is 3. The van der Waals surface area contributed by atoms with Crippen LogP contribution in [-0.2, 0) is 0 Å². The number of alkyl halides is 3. The van der Waals surface area contributed by atoms with E-state index in [0.29, 0.717) is 12.1 Å². The lowest BCUT2D eigenvalue weighted by Gasteiger charge is -2.37. The average molecular weight is 286 g/mol. The molecule has 1 aromatic rings. The molecule has 1 unspecified atom stereocenters. The van der Waals surface area contributed by atoms with Crippen molar-refractivity contribution in [1.82, 2.24) is 10.2 Å². The van der Waals surface area contributed by atoms with Crippen LogP contribution in [0.1, 0.15) is 21.5 Å². The van der Waals surface area contributed by atoms with E-state index in [1.54, 1.807) is 19.1 Å². The second-order valence-electron chi connectivity index (χ2n) is 5.01. The summed E-state index contributed by atoms with van der Waals surface area (Å²) in [5.74, 6) is -0.546. The summed E-state index contributed by atoms with van der Waals surface area (Å²) < 4.78 is 39.0. The molecule has 1 N–H and O–H groups in total. The highest BCUT2D eigenvalue weighted by atomic mass is 19.4. The van der Waals surface area contributed by atoms with Crippen molar-refractivity contribution in [3.63, 3.8) is 0 Å². The third kappa shape index (κ3) is 2.80. The SMILES string of the molecule is Cc1cccc(C(=O)N2CCNCC2C(F)(F)F)c1C. The van der Waals surface area contributed by atoms with Gasteiger partial charge in [-0.1, -0.05) is 12.1 Å². The number of benzene rings is 1. The summed E-state index contributed by atoms with van der Waals surface area (Å²) in [7, 11) is 0. The number of hydrogen-bond acceptors (Lipinski definition) is 2. The van der Waals surface area contributed by atoms with E-state index in [2.05, 4.69) is 5.32 Å². The fourth-order valence-electron chi connectivity index (χ4n) is 2.38. The minimum absolute atomic E-state index is 0.0659. The molecule has 2 rings (SSSR count). The van der Waals surface area contributed by atoms with E-state index >= 15 is 0 Å². The van der Waals surface area contributed by atoms with Crippen molar-refractivity contribution in [3.8, 4) is 0 Å². The van der Waals surface area contributed by atoms with Crippen molar-refractivity contribution < 1.29 is 18.0 Å². The fraction of sp³-hybridized carbons (Fsp3) is 0.500. The maximum Gasteiger partial charge on any atom is 0.410 e. The van der Waals surface area contributed by atoms with Gasteiger partial charge in [-0.25, -0.2) is 0 Å². The number of amides is 1. The van der Waals surface area contributed by atoms with Crippen LogP contribution in [0.3, 0.4) is 0 Å². The summed E-state index contributed by atoms with van der Waals surface area (Å²) in [6.45, 7) is 3.79. The molecule has 0 aromatic heterocycles. The van der Waals surface area contributed by atoms with Gasteiger partial charge in [-0.2, -0.15) is 13.2 Å². The smallest absolute Gasteiger partial charge is 0.324 e. The van der Waals surface area contributed by atoms with E-state index in [-0.39, 0.29) is 13.1 Å². The Hall–Kier alpha value is -1.56. The molecule has 20 heavy (non-hydrogen) atoms. The van der Waals surface area contributed by atoms with Crippen LogP contribution >= 0.6 is 0 Å². The van der Waals surface area contributed by atoms with Crippen LogP contribution in [0.5, 0.6) is 0 Å². The molecule has 110 valence electrons. The van der Waals surface area contributed by atoms with Gasteiger partial charge >= 0.3 is 6.18 Å². The quantitative estimate of drug-likeness (QED) is 0.859. The first kappa shape index (κ1) is 14.8. The molecule has 1 aliphatic rings. The summed E-state index contributed by atoms with van der Waals surface area (Å²) in [5, 5.41) is 2.69. The summed E-state index contributed by atoms with van der Waals surface area (Å²) in [5.41, 5.74) is 1.98. The summed E-state index contributed by atoms with van der Waals surface area (Å²) in [4.78, 5) is 13.4. The van der Waals surface area contributed by atoms with Crippen molar-refractivity contribution in [1.29, 1.82) is 0 Å². The Morgan fingerprint density at radius 3 is 2.70 bits per heavy atom. The largest absolute Gasteiger partial charge is 0.410 e. The van der Waals surface area contributed by atoms with E-state index in [0.717, 1.165) is 16.0 Å². The summed E-state index contributed by atoms with van der Waals surface area (Å²) in [6, 6.07) is 3.36. The van der Waals surface area contributed by atoms with Crippen molar-refractivity contribution in [2.24, 2.45) is 0 Å². The van der Waals surface area contributed by atoms with Gasteiger partial charge < -0.3 is 10.2 Å². The number of aryl methyl sites for hydroxylation is 1. The van der Waals surface area contributed by atoms with Gasteiger partial charge in [0, 0.05) is 25.2 Å². The van der Waals surface area contributed by atoms with Crippen molar-refractivity contribution in [3.05, 3.63) is 34.9 Å². The third-order valence-electron chi connectivity index (χ3n) is 3.72. The molecule has 1 aliphatic heterocycles. The predicted molar refractivity (Wildman–Crippen MR) is 69.7 cm³/mol. The second kappa shape index (κ2) is 5.44. The first-order valence-electron chi connectivity index (χ1n) is 6.47. The fourth-order valence-corrected chi connectivity index (χ4v) is 2.38. The van der Waals surface area contributed by atoms with E-state index < -0.39 is 18.1 Å². The number of rotatable bonds is 1. The molecule has 1 aromatic carbocycles. The zero-order valence-corrected chi connectivity index (χ0v) is 11.4. The normalized spacial score (nSPS) is 20.1. The predicted octanol–water partition coefficient (Wildman–Crippen LogP) is 2.28. The Labute approximate surface area is 115 Å². The Balaban J connectivity index is 2.33. The number of nitrogens with one attached hydrogen (secondary N) is 1. The molecule has 1 amide bonds. The molecular weight excluding hydrogens is 269 g/mol. The van der Waals surface area contributed by atoms with Gasteiger partial charge in [-0.05, 0) is 31.0 Å². The monoisotopic (exact) mass is 286 g/mol. The molecule has 6 heteroatoms. The first-order valence-corrected chi connectivity index (χ1v) is 6.47. The summed E-state index contributed by atoms with van der Waals surface area (Å²) in [6.07, 6.45) is -4.42. The van der Waals surface area contributed by atoms with Gasteiger partial charge in [-0.3, -0.25) is 4.79 Å². The van der Waals surface area contributed by atoms with Gasteiger partial charge in [0.1, 0.15) is 6.04 Å². The van der Waals surface area contributed by atoms with Gasteiger partial charge in [0.25, 0.3) is 5.91 Å². The maximum absolute atomic E-state index is 13.0. The summed E-state index contributed by atoms with van der Waals surface area (Å²) >= 11 is 0. The molecule has 0 aliphatic carbocycles. The molecule has 1 fully saturated rings. The third-order valence-corrected chi connectivity index (χ3v) is 3.72. The van der Waals surface area contributed by atoms with Gasteiger partial charge in [0.05, 0.1) is 0 Å². The highest BCUT2D eigenvalue weighted by Crippen LogP contribution is 2.27. The zero-order chi connectivity index (χ0) is 14.9. The van der Waals surface area contributed by atoms with E-state index in [4.69, 9.17) is 0 Å². The lowest BCUT2D eigenvalue weighted by atomic mass is 10.0. The molecule has 0 radical (unpaired) electrons. The molecule has 3 nitrogen and oxygen atoms in total. The Morgan fingerprint density at radius 1 is 1.35 bits per heavy atom. The maximum atomic E-state index is 13.0. The van der Waals surface area contributed by atoms with E-state index in [9.17, 15) is 18.0 Å². The number of hydrogen-bond donors (Lipinski definition) is 1. The minimum Gasteiger partial charge on any atom is -0.324 e. The minimum atomic E-state index is -4.42. The van der Waals surface area contributed by atoms with Crippen molar-refractivity contribution >= 4 is 5.91 Å². The van der Waals surface area contributed by atoms with Crippen LogP contribution in [0.25, 0.3) is 0 Å². The Morgan fingerprint density at radius 2 is 2.05 bits per heavy atom. The van der Waals surface area contributed by atoms with Gasteiger partial charge in [-0.15, -0.1) is 0 Å². The zero-order valence-electron chi connectivity index (χ0n) is 11.4. The van der Waals surface area contributed by atoms with Crippen LogP contribution < -0.4 is 5.32 Å². The molecule has 0 spiro atoms. The average Bonchev–Trinajstić information content (AvgIpc) is 2.40. The van der Waals surface area contributed by atoms with Crippen LogP contribution in [-0.4, -0.2) is 42.7 Å². The second-order valence-corrected chi connectivity index (χ2v) is 5.01. The lowest BCUT2D eigenvalue weighted by molar-refractivity contribution is -0.179. The van der Waals surface area contributed by atoms with Crippen molar-refractivity contribution in [2.45, 2.75) is 26.1 Å². The van der Waals surface area contributed by atoms with Crippen LogP contribution in [0.15, 0.2) is 18.2 Å². The van der Waals surface area contributed by atoms with Gasteiger partial charge in [0.15, 0.2) is 0 Å². The molecule has 1 heterocycles. The van der Waals surface area contributed by atoms with Crippen LogP contribution in [0.2, 0.25) is 0 Å². The van der Waals surface area contributed by atoms with E-state index in [1.165, 1.54) is 0 Å². The number of piperazine rings is 1. The first-order chi connectivity index (χ1) is 9.32. The molecule has 1 atom stereocenters. The number of carbonyl (C=O) groups is 1. The number of nitrogens with zero attached hydrogens (tertiary/aromatic N) is 1. The van der Waals surface area contributed by atoms with Crippen molar-refractivity contribution in [2.75, 3.05) is 19.6 Å². The number of carbonyl (C=O) groups excluding carboxylic acids is 1. The van der Waals surface area contributed by atoms with Crippen LogP contribution in [0.4, 0.5) is 13.2 Å². The Bertz CT molecular complexity index is 514. The molecule has 0 bridgehead atoms. The van der Waals surface area contributed by atoms with Gasteiger partial charge in [0.2, 0.25) is 0 Å². The molecule has 1 saturated heterocycles. The standard InChI is InChI=1S/C14H17F3N2O/c1-9-4-3-5-11(10(9)2)13(20)19-7-6-18-8-12(19)14(15,16)17/h3-5,12,18H,6-8H2,1-2H3. The lowest BCUT2D eigenvalue weighted by Crippen LogP contribution is -2.59. The highest BCUT2D eigenvalue weighted by molar-refractivity contribution is 5.96. The van der Waals surface area contributed by atoms with Crippen LogP contribution in [0, 0.1) is 13.8 Å². The Kier molecular flexibility index (Phi) is 4.04. The molecule has 0 saturated carbocycles. The highest BCUT2D eigenvalue weighted by Gasteiger charge is 2.46. The topological polar surface area (TPSA) is 32.3 Å².